The molecule has 1 N–H and O–H groups in total. The number of rotatable bonds is 4. The van der Waals surface area contributed by atoms with Crippen LogP contribution in [0.4, 0.5) is 10.2 Å². The van der Waals surface area contributed by atoms with Crippen molar-refractivity contribution < 1.29 is 4.39 Å². The number of anilines is 1. The number of benzene rings is 2. The molecule has 2 heterocycles. The summed E-state index contributed by atoms with van der Waals surface area (Å²) in [5.41, 5.74) is 3.83. The molecule has 0 atom stereocenters. The van der Waals surface area contributed by atoms with E-state index in [-0.39, 0.29) is 5.82 Å². The first-order valence-electron chi connectivity index (χ1n) is 8.34. The number of nitrogens with one attached hydrogen (secondary N) is 1. The third-order valence-electron chi connectivity index (χ3n) is 4.53. The molecule has 4 nitrogen and oxygen atoms in total. The van der Waals surface area contributed by atoms with Gasteiger partial charge in [0.25, 0.3) is 0 Å². The van der Waals surface area contributed by atoms with E-state index >= 15 is 0 Å². The summed E-state index contributed by atoms with van der Waals surface area (Å²) in [4.78, 5) is 11.1. The minimum atomic E-state index is -0.301. The van der Waals surface area contributed by atoms with Crippen molar-refractivity contribution in [2.75, 3.05) is 25.0 Å². The van der Waals surface area contributed by atoms with E-state index in [1.807, 2.05) is 12.1 Å². The van der Waals surface area contributed by atoms with Gasteiger partial charge in [0, 0.05) is 37.3 Å². The highest BCUT2D eigenvalue weighted by Crippen LogP contribution is 2.25. The number of nitrogens with zero attached hydrogens (tertiary/aromatic N) is 3. The lowest BCUT2D eigenvalue weighted by Gasteiger charge is -2.29. The molecule has 0 unspecified atom stereocenters. The van der Waals surface area contributed by atoms with Crippen molar-refractivity contribution in [1.29, 1.82) is 0 Å². The van der Waals surface area contributed by atoms with E-state index in [1.54, 1.807) is 12.3 Å². The van der Waals surface area contributed by atoms with Crippen LogP contribution in [-0.4, -0.2) is 34.5 Å². The fourth-order valence-corrected chi connectivity index (χ4v) is 3.51. The van der Waals surface area contributed by atoms with Crippen molar-refractivity contribution in [2.24, 2.45) is 0 Å². The molecule has 2 aromatic carbocycles. The molecular formula is C19H18ClFN4. The molecule has 0 fully saturated rings. The highest BCUT2D eigenvalue weighted by Gasteiger charge is 2.17. The van der Waals surface area contributed by atoms with Crippen LogP contribution >= 0.6 is 11.6 Å². The van der Waals surface area contributed by atoms with Crippen LogP contribution < -0.4 is 5.32 Å². The van der Waals surface area contributed by atoms with Gasteiger partial charge in [-0.25, -0.2) is 9.37 Å². The number of aromatic nitrogens is 2. The van der Waals surface area contributed by atoms with Gasteiger partial charge in [-0.2, -0.15) is 0 Å². The van der Waals surface area contributed by atoms with Gasteiger partial charge in [0.15, 0.2) is 0 Å². The summed E-state index contributed by atoms with van der Waals surface area (Å²) >= 11 is 6.26. The van der Waals surface area contributed by atoms with Crippen molar-refractivity contribution in [3.05, 3.63) is 64.6 Å². The van der Waals surface area contributed by atoms with Gasteiger partial charge in [0.2, 0.25) is 0 Å². The molecule has 0 radical (unpaired) electrons. The first-order chi connectivity index (χ1) is 12.2. The van der Waals surface area contributed by atoms with E-state index in [1.165, 1.54) is 23.3 Å². The Balaban J connectivity index is 1.37. The van der Waals surface area contributed by atoms with Crippen molar-refractivity contribution >= 4 is 28.5 Å². The van der Waals surface area contributed by atoms with Crippen LogP contribution in [0.3, 0.4) is 0 Å². The number of fused-ring (bicyclic) bond motifs is 2. The molecule has 0 saturated heterocycles. The smallest absolute Gasteiger partial charge is 0.145 e. The molecule has 0 bridgehead atoms. The van der Waals surface area contributed by atoms with Crippen LogP contribution in [0.1, 0.15) is 11.1 Å². The Labute approximate surface area is 150 Å². The number of hydrogen-bond acceptors (Lipinski definition) is 4. The second-order valence-electron chi connectivity index (χ2n) is 6.22. The molecule has 1 aliphatic heterocycles. The monoisotopic (exact) mass is 356 g/mol. The molecule has 1 aromatic heterocycles. The highest BCUT2D eigenvalue weighted by atomic mass is 35.5. The maximum absolute atomic E-state index is 13.3. The van der Waals surface area contributed by atoms with Crippen LogP contribution in [0.25, 0.3) is 11.0 Å². The van der Waals surface area contributed by atoms with Gasteiger partial charge < -0.3 is 5.32 Å². The Hall–Kier alpha value is -2.24. The molecule has 0 spiro atoms. The molecule has 0 amide bonds. The standard InChI is InChI=1S/C19H18ClFN4/c20-16-3-1-2-13-12-25(8-6-15(13)16)9-7-22-19-11-23-17-5-4-14(21)10-18(17)24-19/h1-5,10-11H,6-9,12H2,(H,22,24). The van der Waals surface area contributed by atoms with Crippen LogP contribution in [0.5, 0.6) is 0 Å². The lowest BCUT2D eigenvalue weighted by molar-refractivity contribution is 0.264. The lowest BCUT2D eigenvalue weighted by atomic mass is 10.00. The van der Waals surface area contributed by atoms with Crippen molar-refractivity contribution in [3.8, 4) is 0 Å². The summed E-state index contributed by atoms with van der Waals surface area (Å²) in [6, 6.07) is 10.5. The normalized spacial score (nSPS) is 14.5. The van der Waals surface area contributed by atoms with Crippen LogP contribution in [0.2, 0.25) is 5.02 Å². The molecule has 1 aliphatic rings. The minimum absolute atomic E-state index is 0.301. The van der Waals surface area contributed by atoms with Crippen molar-refractivity contribution in [1.82, 2.24) is 14.9 Å². The Morgan fingerprint density at radius 2 is 2.12 bits per heavy atom. The Bertz CT molecular complexity index is 915. The third-order valence-corrected chi connectivity index (χ3v) is 4.88. The zero-order valence-electron chi connectivity index (χ0n) is 13.7. The number of hydrogen-bond donors (Lipinski definition) is 1. The molecule has 0 saturated carbocycles. The second kappa shape index (κ2) is 6.94. The van der Waals surface area contributed by atoms with Gasteiger partial charge >= 0.3 is 0 Å². The number of halogens is 2. The van der Waals surface area contributed by atoms with E-state index < -0.39 is 0 Å². The van der Waals surface area contributed by atoms with Gasteiger partial charge in [-0.1, -0.05) is 23.7 Å². The van der Waals surface area contributed by atoms with Crippen molar-refractivity contribution in [2.45, 2.75) is 13.0 Å². The average Bonchev–Trinajstić information content (AvgIpc) is 2.61. The summed E-state index contributed by atoms with van der Waals surface area (Å²) < 4.78 is 13.3. The Morgan fingerprint density at radius 3 is 3.04 bits per heavy atom. The molecule has 6 heteroatoms. The largest absolute Gasteiger partial charge is 0.367 e. The highest BCUT2D eigenvalue weighted by molar-refractivity contribution is 6.31. The topological polar surface area (TPSA) is 41.1 Å². The maximum atomic E-state index is 13.3. The molecule has 4 rings (SSSR count). The van der Waals surface area contributed by atoms with Crippen molar-refractivity contribution in [3.63, 3.8) is 0 Å². The van der Waals surface area contributed by atoms with E-state index in [0.29, 0.717) is 16.9 Å². The minimum Gasteiger partial charge on any atom is -0.367 e. The van der Waals surface area contributed by atoms with Gasteiger partial charge in [-0.3, -0.25) is 9.88 Å². The zero-order valence-corrected chi connectivity index (χ0v) is 14.4. The molecule has 0 aliphatic carbocycles. The predicted octanol–water partition coefficient (Wildman–Crippen LogP) is 3.89. The Morgan fingerprint density at radius 1 is 1.20 bits per heavy atom. The van der Waals surface area contributed by atoms with Gasteiger partial charge in [0.05, 0.1) is 17.2 Å². The zero-order chi connectivity index (χ0) is 17.2. The first kappa shape index (κ1) is 16.2. The Kier molecular flexibility index (Phi) is 4.51. The van der Waals surface area contributed by atoms with E-state index in [2.05, 4.69) is 26.3 Å². The quantitative estimate of drug-likeness (QED) is 0.770. The summed E-state index contributed by atoms with van der Waals surface area (Å²) in [7, 11) is 0. The van der Waals surface area contributed by atoms with Gasteiger partial charge in [0.1, 0.15) is 11.6 Å². The lowest BCUT2D eigenvalue weighted by Crippen LogP contribution is -2.34. The molecule has 25 heavy (non-hydrogen) atoms. The van der Waals surface area contributed by atoms with Gasteiger partial charge in [-0.15, -0.1) is 0 Å². The predicted molar refractivity (Wildman–Crippen MR) is 98.4 cm³/mol. The fraction of sp³-hybridized carbons (Fsp3) is 0.263. The molecule has 3 aromatic rings. The van der Waals surface area contributed by atoms with Crippen LogP contribution in [-0.2, 0) is 13.0 Å². The molecular weight excluding hydrogens is 339 g/mol. The van der Waals surface area contributed by atoms with E-state index in [4.69, 9.17) is 11.6 Å². The van der Waals surface area contributed by atoms with Crippen LogP contribution in [0, 0.1) is 5.82 Å². The van der Waals surface area contributed by atoms with E-state index in [9.17, 15) is 4.39 Å². The maximum Gasteiger partial charge on any atom is 0.145 e. The summed E-state index contributed by atoms with van der Waals surface area (Å²) in [5, 5.41) is 4.14. The SMILES string of the molecule is Fc1ccc2ncc(NCCN3CCc4c(Cl)cccc4C3)nc2c1. The average molecular weight is 357 g/mol. The van der Waals surface area contributed by atoms with Gasteiger partial charge in [-0.05, 0) is 35.7 Å². The summed E-state index contributed by atoms with van der Waals surface area (Å²) in [6.45, 7) is 3.55. The second-order valence-corrected chi connectivity index (χ2v) is 6.63. The third kappa shape index (κ3) is 3.57. The van der Waals surface area contributed by atoms with E-state index in [0.717, 1.165) is 37.6 Å². The van der Waals surface area contributed by atoms with Crippen LogP contribution in [0.15, 0.2) is 42.6 Å². The fourth-order valence-electron chi connectivity index (χ4n) is 3.22. The first-order valence-corrected chi connectivity index (χ1v) is 8.72. The summed E-state index contributed by atoms with van der Waals surface area (Å²) in [5.74, 6) is 0.364. The molecule has 128 valence electrons. The summed E-state index contributed by atoms with van der Waals surface area (Å²) in [6.07, 6.45) is 2.66.